The minimum atomic E-state index is -0.913. The number of esters is 4. The van der Waals surface area contributed by atoms with Crippen molar-refractivity contribution in [3.05, 3.63) is 134 Å². The second kappa shape index (κ2) is 30.8. The molecule has 4 aliphatic heterocycles. The Balaban J connectivity index is 0.000000383. The summed E-state index contributed by atoms with van der Waals surface area (Å²) in [5.41, 5.74) is -0.303. The Morgan fingerprint density at radius 1 is 0.419 bits per heavy atom. The third-order valence-corrected chi connectivity index (χ3v) is 11.7. The average molecular weight is 1060 g/mol. The molecule has 0 aliphatic carbocycles. The van der Waals surface area contributed by atoms with E-state index in [1.807, 2.05) is 24.3 Å². The maximum atomic E-state index is 11.6. The number of hydrogen-bond donors (Lipinski definition) is 4. The van der Waals surface area contributed by atoms with Gasteiger partial charge in [-0.15, -0.1) is 0 Å². The number of aliphatic hydroxyl groups is 4. The zero-order chi connectivity index (χ0) is 53.5. The molecular formula is C52H67ClO21. The Morgan fingerprint density at radius 3 is 0.743 bits per heavy atom. The van der Waals surface area contributed by atoms with Crippen LogP contribution in [0.15, 0.2) is 112 Å². The maximum absolute atomic E-state index is 11.6. The fourth-order valence-corrected chi connectivity index (χ4v) is 6.78. The van der Waals surface area contributed by atoms with Gasteiger partial charge < -0.3 is 77.3 Å². The minimum absolute atomic E-state index is 0. The quantitative estimate of drug-likeness (QED) is 0.0596. The van der Waals surface area contributed by atoms with Gasteiger partial charge in [0, 0.05) is 46.6 Å². The van der Waals surface area contributed by atoms with Crippen LogP contribution in [0.1, 0.15) is 54.8 Å². The number of hydrogen-bond acceptors (Lipinski definition) is 21. The molecule has 2 aromatic carbocycles. The lowest BCUT2D eigenvalue weighted by Crippen LogP contribution is -2.46. The molecule has 22 heteroatoms. The number of carbonyl (C=O) groups is 5. The molecule has 4 saturated heterocycles. The third kappa shape index (κ3) is 18.4. The van der Waals surface area contributed by atoms with Gasteiger partial charge in [0.25, 0.3) is 0 Å². The van der Waals surface area contributed by atoms with Crippen LogP contribution in [0.3, 0.4) is 0 Å². The molecule has 0 aromatic heterocycles. The van der Waals surface area contributed by atoms with E-state index in [4.69, 9.17) is 68.4 Å². The predicted octanol–water partition coefficient (Wildman–Crippen LogP) is 3.96. The van der Waals surface area contributed by atoms with Crippen molar-refractivity contribution in [1.29, 1.82) is 0 Å². The number of ether oxygens (including phenoxy) is 12. The molecule has 4 fully saturated rings. The second-order valence-corrected chi connectivity index (χ2v) is 17.9. The Labute approximate surface area is 434 Å². The van der Waals surface area contributed by atoms with E-state index >= 15 is 0 Å². The van der Waals surface area contributed by atoms with E-state index in [9.17, 15) is 44.4 Å². The molecule has 0 amide bonds. The lowest BCUT2D eigenvalue weighted by Gasteiger charge is -2.39. The van der Waals surface area contributed by atoms with Gasteiger partial charge in [0.2, 0.25) is 5.24 Å². The molecule has 4 N–H and O–H groups in total. The molecule has 6 rings (SSSR count). The van der Waals surface area contributed by atoms with Crippen molar-refractivity contribution in [3.8, 4) is 0 Å². The van der Waals surface area contributed by atoms with Crippen molar-refractivity contribution in [2.75, 3.05) is 106 Å². The molecule has 0 bridgehead atoms. The lowest BCUT2D eigenvalue weighted by atomic mass is 9.91. The molecule has 0 saturated carbocycles. The van der Waals surface area contributed by atoms with E-state index in [0.717, 1.165) is 41.5 Å². The normalized spacial score (nSPS) is 19.1. The van der Waals surface area contributed by atoms with Crippen LogP contribution in [0, 0.1) is 21.7 Å². The molecule has 0 atom stereocenters. The first-order valence-corrected chi connectivity index (χ1v) is 23.0. The smallest absolute Gasteiger partial charge is 0.330 e. The highest BCUT2D eigenvalue weighted by atomic mass is 35.5. The number of benzene rings is 2. The van der Waals surface area contributed by atoms with Crippen LogP contribution in [0.2, 0.25) is 0 Å². The summed E-state index contributed by atoms with van der Waals surface area (Å²) in [5, 5.41) is 37.0. The van der Waals surface area contributed by atoms with E-state index in [0.29, 0.717) is 11.1 Å². The minimum Gasteiger partial charge on any atom is -0.462 e. The molecule has 0 unspecified atom stereocenters. The van der Waals surface area contributed by atoms with Crippen LogP contribution in [0.5, 0.6) is 0 Å². The summed E-state index contributed by atoms with van der Waals surface area (Å²) >= 11 is 4.71. The van der Waals surface area contributed by atoms with Gasteiger partial charge >= 0.3 is 23.9 Å². The van der Waals surface area contributed by atoms with Gasteiger partial charge in [-0.3, -0.25) is 4.79 Å². The molecule has 4 aliphatic rings. The van der Waals surface area contributed by atoms with Gasteiger partial charge in [0.1, 0.15) is 26.4 Å². The monoisotopic (exact) mass is 1060 g/mol. The van der Waals surface area contributed by atoms with E-state index in [-0.39, 0.29) is 113 Å². The van der Waals surface area contributed by atoms with Gasteiger partial charge in [0.05, 0.1) is 101 Å². The van der Waals surface area contributed by atoms with Crippen molar-refractivity contribution < 1.29 is 101 Å². The highest BCUT2D eigenvalue weighted by Crippen LogP contribution is 2.37. The summed E-state index contributed by atoms with van der Waals surface area (Å²) in [6.45, 7) is 16.5. The first-order chi connectivity index (χ1) is 35.0. The van der Waals surface area contributed by atoms with Crippen molar-refractivity contribution in [2.24, 2.45) is 21.7 Å². The fourth-order valence-electron chi connectivity index (χ4n) is 6.78. The third-order valence-electron chi connectivity index (χ3n) is 11.5. The van der Waals surface area contributed by atoms with Crippen molar-refractivity contribution in [2.45, 2.75) is 32.6 Å². The molecule has 2 aromatic rings. The number of carbonyl (C=O) groups excluding carboxylic acids is 5. The first-order valence-electron chi connectivity index (χ1n) is 22.6. The summed E-state index contributed by atoms with van der Waals surface area (Å²) in [7, 11) is 0. The Bertz CT molecular complexity index is 1940. The number of rotatable bonds is 21. The molecule has 0 spiro atoms. The van der Waals surface area contributed by atoms with E-state index < -0.39 is 75.9 Å². The summed E-state index contributed by atoms with van der Waals surface area (Å²) in [6, 6.07) is 14.5. The predicted molar refractivity (Wildman–Crippen MR) is 262 cm³/mol. The first kappa shape index (κ1) is 62.8. The van der Waals surface area contributed by atoms with Crippen LogP contribution in [-0.2, 0) is 80.8 Å². The van der Waals surface area contributed by atoms with Gasteiger partial charge in [-0.2, -0.15) is 0 Å². The van der Waals surface area contributed by atoms with Crippen molar-refractivity contribution in [1.82, 2.24) is 0 Å². The number of allylic oxidation sites excluding steroid dienone is 1. The standard InChI is InChI=1S/C30H34O12.C18H26O8.C3H3ClO.CH4/c1-5-23(31)35-13-29(14-36-24(32)6-2)17-39-27(40-18-29)21-9-11-22(12-10-21)28-41-19-30(20-42-28,15-37-25(33)7-3)16-38-26(34)8-4;19-5-17(6-20)9-23-15(24-10-17)13-1-2-14(4-3-13)16-25-11-18(7-21,8-22)12-26-16;1-2-3(4)5;/h5-12,27-28H,1-4,13-20H2;1-4,15-16,19-22H,5-12H2;2H,1H2;1H4. The van der Waals surface area contributed by atoms with E-state index in [1.165, 1.54) is 0 Å². The van der Waals surface area contributed by atoms with Crippen LogP contribution >= 0.6 is 11.6 Å². The largest absolute Gasteiger partial charge is 0.462 e. The number of halogens is 1. The average Bonchev–Trinajstić information content (AvgIpc) is 3.45. The van der Waals surface area contributed by atoms with Crippen LogP contribution in [0.25, 0.3) is 0 Å². The van der Waals surface area contributed by atoms with Crippen LogP contribution in [0.4, 0.5) is 0 Å². The zero-order valence-electron chi connectivity index (χ0n) is 40.3. The highest BCUT2D eigenvalue weighted by molar-refractivity contribution is 6.66. The fraction of sp³-hybridized carbons (Fsp3) is 0.481. The molecule has 21 nitrogen and oxygen atoms in total. The Hall–Kier alpha value is -5.50. The van der Waals surface area contributed by atoms with Gasteiger partial charge in [-0.25, -0.2) is 19.2 Å². The molecule has 4 heterocycles. The number of aliphatic hydroxyl groups excluding tert-OH is 4. The van der Waals surface area contributed by atoms with Gasteiger partial charge in [-0.1, -0.05) is 88.9 Å². The van der Waals surface area contributed by atoms with Crippen LogP contribution < -0.4 is 0 Å². The van der Waals surface area contributed by atoms with E-state index in [1.54, 1.807) is 24.3 Å². The van der Waals surface area contributed by atoms with Crippen molar-refractivity contribution in [3.63, 3.8) is 0 Å². The molecule has 74 heavy (non-hydrogen) atoms. The molecular weight excluding hydrogens is 996 g/mol. The van der Waals surface area contributed by atoms with Crippen LogP contribution in [-0.4, -0.2) is 155 Å². The van der Waals surface area contributed by atoms with Crippen molar-refractivity contribution >= 4 is 40.7 Å². The van der Waals surface area contributed by atoms with E-state index in [2.05, 4.69) is 32.9 Å². The molecule has 408 valence electrons. The summed E-state index contributed by atoms with van der Waals surface area (Å²) < 4.78 is 67.0. The molecule has 0 radical (unpaired) electrons. The second-order valence-electron chi connectivity index (χ2n) is 17.5. The highest BCUT2D eigenvalue weighted by Gasteiger charge is 2.43. The topological polar surface area (TPSA) is 277 Å². The maximum Gasteiger partial charge on any atom is 0.330 e. The summed E-state index contributed by atoms with van der Waals surface area (Å²) in [4.78, 5) is 55.9. The van der Waals surface area contributed by atoms with Gasteiger partial charge in [0.15, 0.2) is 25.2 Å². The summed E-state index contributed by atoms with van der Waals surface area (Å²) in [5.74, 6) is -2.49. The lowest BCUT2D eigenvalue weighted by molar-refractivity contribution is -0.252. The zero-order valence-corrected chi connectivity index (χ0v) is 41.0. The Kier molecular flexibility index (Phi) is 26.1. The van der Waals surface area contributed by atoms with Gasteiger partial charge in [-0.05, 0) is 17.7 Å². The Morgan fingerprint density at radius 2 is 0.595 bits per heavy atom. The SMILES string of the molecule is C.C=CC(=O)Cl.C=CC(=O)OCC1(COC(=O)C=C)COC(c2ccc(C3OCC(COC(=O)C=C)(COC(=O)C=C)CO3)cc2)OC1.OCC1(CO)COC(c2ccc(C3OCC(CO)(CO)CO3)cc2)OC1. The summed E-state index contributed by atoms with van der Waals surface area (Å²) in [6.07, 6.45) is 2.62.